The number of carboxylic acids is 1. The molecule has 1 N–H and O–H groups in total. The first-order valence-electron chi connectivity index (χ1n) is 8.81. The van der Waals surface area contributed by atoms with Crippen LogP contribution in [-0.2, 0) is 20.2 Å². The second kappa shape index (κ2) is 13.4. The van der Waals surface area contributed by atoms with Crippen molar-refractivity contribution in [3.8, 4) is 5.69 Å². The van der Waals surface area contributed by atoms with Crippen molar-refractivity contribution in [3.63, 3.8) is 0 Å². The van der Waals surface area contributed by atoms with E-state index in [0.717, 1.165) is 28.9 Å². The van der Waals surface area contributed by atoms with Gasteiger partial charge >= 0.3 is 88.7 Å². The molecule has 0 amide bonds. The molecule has 0 aliphatic rings. The second-order valence-corrected chi connectivity index (χ2v) is 9.51. The molecule has 0 fully saturated rings. The molecule has 0 saturated carbocycles. The number of aromatic amines is 1. The minimum absolute atomic E-state index is 0. The van der Waals surface area contributed by atoms with Crippen molar-refractivity contribution in [2.75, 3.05) is 0 Å². The summed E-state index contributed by atoms with van der Waals surface area (Å²) in [6.07, 6.45) is 0. The van der Waals surface area contributed by atoms with Crippen molar-refractivity contribution in [1.29, 1.82) is 0 Å². The van der Waals surface area contributed by atoms with E-state index in [1.54, 1.807) is 0 Å². The van der Waals surface area contributed by atoms with E-state index < -0.39 is 52.8 Å². The number of benzene rings is 2. The van der Waals surface area contributed by atoms with Crippen molar-refractivity contribution >= 4 is 37.6 Å². The number of nitrogens with one attached hydrogen (secondary N) is 1. The fourth-order valence-electron chi connectivity index (χ4n) is 2.89. The number of hydrogen-bond donors (Lipinski definition) is 1. The van der Waals surface area contributed by atoms with Crippen LogP contribution in [0.1, 0.15) is 21.6 Å². The molecule has 1 heterocycles. The molecule has 18 heteroatoms. The van der Waals surface area contributed by atoms with E-state index in [1.807, 2.05) is 0 Å². The number of carbonyl (C=O) groups is 1. The molecule has 0 unspecified atom stereocenters. The molecule has 3 rings (SSSR count). The summed E-state index contributed by atoms with van der Waals surface area (Å²) in [5.41, 5.74) is -1.50. The zero-order valence-electron chi connectivity index (χ0n) is 19.8. The van der Waals surface area contributed by atoms with E-state index in [2.05, 4.69) is 15.3 Å². The Hall–Kier alpha value is -0.660. The Bertz CT molecular complexity index is 1600. The van der Waals surface area contributed by atoms with E-state index in [4.69, 9.17) is 0 Å². The van der Waals surface area contributed by atoms with Gasteiger partial charge in [-0.15, -0.1) is 10.2 Å². The number of aromatic carboxylic acids is 1. The molecule has 0 bridgehead atoms. The molecule has 0 radical (unpaired) electrons. The Balaban J connectivity index is 0.00000408. The molecule has 1 aromatic heterocycles. The number of carboxylic acid groups (broad SMARTS) is 1. The standard InChI is InChI=1S/C18H16N4O9S2.3Na/c1-9-7-11(32(26,27)28)4-6-15(9)22-17(23)16(10(2)21-22)20-19-14-8-12(33(29,30)31)3-5-13(14)18(24)25;;;/h3-8,21H,1-2H3,(H,24,25)(H,26,27,28)(H,29,30,31);;;/q;3*+1/p-3. The zero-order chi connectivity index (χ0) is 24.7. The molecule has 0 atom stereocenters. The molecular weight excluding hydrogens is 549 g/mol. The van der Waals surface area contributed by atoms with Crippen molar-refractivity contribution in [1.82, 2.24) is 9.78 Å². The smallest absolute Gasteiger partial charge is 0.744 e. The molecule has 0 spiro atoms. The van der Waals surface area contributed by atoms with Crippen LogP contribution in [0.15, 0.2) is 61.2 Å². The summed E-state index contributed by atoms with van der Waals surface area (Å²) < 4.78 is 68.2. The Morgan fingerprint density at radius 2 is 1.42 bits per heavy atom. The van der Waals surface area contributed by atoms with Crippen LogP contribution in [0, 0.1) is 13.8 Å². The summed E-state index contributed by atoms with van der Waals surface area (Å²) in [5.74, 6) is -1.72. The van der Waals surface area contributed by atoms with Gasteiger partial charge in [0.2, 0.25) is 0 Å². The van der Waals surface area contributed by atoms with Crippen molar-refractivity contribution in [2.24, 2.45) is 10.2 Å². The fraction of sp³-hybridized carbons (Fsp3) is 0.111. The monoisotopic (exact) mass is 562 g/mol. The maximum atomic E-state index is 12.8. The van der Waals surface area contributed by atoms with Crippen LogP contribution in [0.4, 0.5) is 11.4 Å². The van der Waals surface area contributed by atoms with E-state index in [9.17, 15) is 40.6 Å². The van der Waals surface area contributed by atoms with Gasteiger partial charge in [0.05, 0.1) is 32.8 Å². The summed E-state index contributed by atoms with van der Waals surface area (Å²) in [5, 5.41) is 21.3. The molecule has 13 nitrogen and oxygen atoms in total. The van der Waals surface area contributed by atoms with Crippen LogP contribution in [0.2, 0.25) is 0 Å². The summed E-state index contributed by atoms with van der Waals surface area (Å²) in [6, 6.07) is 5.61. The summed E-state index contributed by atoms with van der Waals surface area (Å²) in [4.78, 5) is 22.8. The number of azo groups is 1. The molecule has 0 saturated heterocycles. The fourth-order valence-corrected chi connectivity index (χ4v) is 3.93. The van der Waals surface area contributed by atoms with Crippen LogP contribution in [-0.4, -0.2) is 41.7 Å². The van der Waals surface area contributed by atoms with Gasteiger partial charge in [0.15, 0.2) is 5.69 Å². The van der Waals surface area contributed by atoms with Gasteiger partial charge in [-0.2, -0.15) is 0 Å². The molecule has 2 aromatic carbocycles. The molecule has 3 aromatic rings. The maximum absolute atomic E-state index is 12.8. The van der Waals surface area contributed by atoms with E-state index >= 15 is 0 Å². The third-order valence-corrected chi connectivity index (χ3v) is 6.14. The van der Waals surface area contributed by atoms with Crippen molar-refractivity contribution in [3.05, 3.63) is 63.6 Å². The summed E-state index contributed by atoms with van der Waals surface area (Å²) >= 11 is 0. The number of nitrogens with zero attached hydrogens (tertiary/aromatic N) is 3. The summed E-state index contributed by atoms with van der Waals surface area (Å²) in [7, 11) is -9.62. The largest absolute Gasteiger partial charge is 1.00 e. The third kappa shape index (κ3) is 7.92. The summed E-state index contributed by atoms with van der Waals surface area (Å²) in [6.45, 7) is 2.91. The van der Waals surface area contributed by atoms with Gasteiger partial charge in [-0.1, -0.05) is 0 Å². The number of carbonyl (C=O) groups excluding carboxylic acids is 1. The van der Waals surface area contributed by atoms with Crippen LogP contribution in [0.3, 0.4) is 0 Å². The molecule has 0 aliphatic heterocycles. The first-order valence-corrected chi connectivity index (χ1v) is 11.6. The van der Waals surface area contributed by atoms with Gasteiger partial charge in [0.1, 0.15) is 20.2 Å². The Labute approximate surface area is 271 Å². The molecular formula is C18H13N4Na3O9S2. The quantitative estimate of drug-likeness (QED) is 0.171. The van der Waals surface area contributed by atoms with Crippen molar-refractivity contribution < 1.29 is 125 Å². The first kappa shape index (κ1) is 35.3. The number of rotatable bonds is 6. The van der Waals surface area contributed by atoms with E-state index in [1.165, 1.54) is 19.9 Å². The number of H-pyrrole nitrogens is 1. The van der Waals surface area contributed by atoms with Gasteiger partial charge in [-0.05, 0) is 55.8 Å². The SMILES string of the molecule is Cc1cc(S(=O)(=O)[O-])ccc1-n1[nH]c(C)c(N=Nc2cc(S(=O)(=O)[O-])ccc2C(=O)[O-])c1=O.[Na+].[Na+].[Na+]. The van der Waals surface area contributed by atoms with Gasteiger partial charge in [-0.25, -0.2) is 21.5 Å². The maximum Gasteiger partial charge on any atom is 1.00 e. The van der Waals surface area contributed by atoms with Gasteiger partial charge < -0.3 is 19.0 Å². The minimum atomic E-state index is -4.92. The van der Waals surface area contributed by atoms with Crippen molar-refractivity contribution in [2.45, 2.75) is 23.6 Å². The first-order chi connectivity index (χ1) is 15.2. The van der Waals surface area contributed by atoms with E-state index in [-0.39, 0.29) is 111 Å². The molecule has 174 valence electrons. The molecule has 36 heavy (non-hydrogen) atoms. The zero-order valence-corrected chi connectivity index (χ0v) is 27.4. The van der Waals surface area contributed by atoms with Crippen LogP contribution < -0.4 is 99.3 Å². The van der Waals surface area contributed by atoms with E-state index in [0.29, 0.717) is 6.07 Å². The van der Waals surface area contributed by atoms with Crippen LogP contribution >= 0.6 is 0 Å². The second-order valence-electron chi connectivity index (χ2n) is 6.75. The molecule has 0 aliphatic carbocycles. The number of hydrogen-bond acceptors (Lipinski definition) is 11. The average Bonchev–Trinajstić information content (AvgIpc) is 2.98. The predicted molar refractivity (Wildman–Crippen MR) is 107 cm³/mol. The Morgan fingerprint density at radius 3 is 1.92 bits per heavy atom. The van der Waals surface area contributed by atoms with Gasteiger partial charge in [-0.3, -0.25) is 9.89 Å². The van der Waals surface area contributed by atoms with Crippen LogP contribution in [0.5, 0.6) is 0 Å². The van der Waals surface area contributed by atoms with Gasteiger partial charge in [0, 0.05) is 5.56 Å². The number of aromatic nitrogens is 2. The minimum Gasteiger partial charge on any atom is -0.744 e. The predicted octanol–water partition coefficient (Wildman–Crippen LogP) is -8.62. The average molecular weight is 562 g/mol. The van der Waals surface area contributed by atoms with Gasteiger partial charge in [0.25, 0.3) is 5.56 Å². The van der Waals surface area contributed by atoms with Crippen LogP contribution in [0.25, 0.3) is 5.69 Å². The normalized spacial score (nSPS) is 11.3. The Kier molecular flexibility index (Phi) is 13.2. The third-order valence-electron chi connectivity index (χ3n) is 4.47. The number of aryl methyl sites for hydroxylation is 2. The Morgan fingerprint density at radius 1 is 0.889 bits per heavy atom. The topological polar surface area (TPSA) is 217 Å².